The zero-order chi connectivity index (χ0) is 16.0. The lowest BCUT2D eigenvalue weighted by molar-refractivity contribution is -0.143. The fraction of sp³-hybridized carbons (Fsp3) is 0.438. The van der Waals surface area contributed by atoms with E-state index in [-0.39, 0.29) is 11.7 Å². The number of nitrogens with one attached hydrogen (secondary N) is 1. The number of hydrogen-bond donors (Lipinski definition) is 2. The molecular weight excluding hydrogens is 270 g/mol. The Kier molecular flexibility index (Phi) is 6.09. The number of aldehydes is 1. The van der Waals surface area contributed by atoms with Crippen LogP contribution in [-0.4, -0.2) is 29.2 Å². The van der Waals surface area contributed by atoms with Crippen LogP contribution in [0.4, 0.5) is 5.69 Å². The molecule has 0 saturated heterocycles. The second-order valence-corrected chi connectivity index (χ2v) is 5.51. The summed E-state index contributed by atoms with van der Waals surface area (Å²) in [5.74, 6) is -1.64. The van der Waals surface area contributed by atoms with E-state index in [4.69, 9.17) is 0 Å². The van der Waals surface area contributed by atoms with Crippen LogP contribution >= 0.6 is 0 Å². The molecule has 0 heterocycles. The molecule has 114 valence electrons. The largest absolute Gasteiger partial charge is 0.481 e. The highest BCUT2D eigenvalue weighted by atomic mass is 16.4. The second kappa shape index (κ2) is 7.57. The fourth-order valence-electron chi connectivity index (χ4n) is 2.13. The Bertz CT molecular complexity index is 508. The van der Waals surface area contributed by atoms with E-state index in [9.17, 15) is 19.5 Å². The molecule has 0 amide bonds. The summed E-state index contributed by atoms with van der Waals surface area (Å²) in [5.41, 5.74) is 1.19. The number of rotatable bonds is 8. The van der Waals surface area contributed by atoms with Gasteiger partial charge in [0.05, 0.1) is 12.0 Å². The van der Waals surface area contributed by atoms with Gasteiger partial charge in [0.25, 0.3) is 0 Å². The highest BCUT2D eigenvalue weighted by Gasteiger charge is 2.28. The zero-order valence-corrected chi connectivity index (χ0v) is 12.5. The summed E-state index contributed by atoms with van der Waals surface area (Å²) in [7, 11) is 0. The molecule has 1 rings (SSSR count). The smallest absolute Gasteiger partial charge is 0.309 e. The molecule has 1 aromatic carbocycles. The minimum Gasteiger partial charge on any atom is -0.481 e. The Morgan fingerprint density at radius 2 is 1.81 bits per heavy atom. The van der Waals surface area contributed by atoms with Gasteiger partial charge in [-0.15, -0.1) is 0 Å². The number of Topliss-reactive ketones (excluding diaryl/α,β-unsaturated/α-hetero) is 1. The molecule has 2 N–H and O–H groups in total. The Hall–Kier alpha value is -2.17. The summed E-state index contributed by atoms with van der Waals surface area (Å²) in [5, 5.41) is 12.2. The molecule has 21 heavy (non-hydrogen) atoms. The summed E-state index contributed by atoms with van der Waals surface area (Å²) in [4.78, 5) is 33.8. The highest BCUT2D eigenvalue weighted by Crippen LogP contribution is 2.19. The first kappa shape index (κ1) is 16.9. The molecule has 0 aliphatic heterocycles. The SMILES string of the molecule is CC(=O)c1ccc(NC(C=O)C(CC(C)C)C(=O)O)cc1. The Balaban J connectivity index is 2.86. The fourth-order valence-corrected chi connectivity index (χ4v) is 2.13. The monoisotopic (exact) mass is 291 g/mol. The quantitative estimate of drug-likeness (QED) is 0.568. The molecule has 2 unspecified atom stereocenters. The van der Waals surface area contributed by atoms with Gasteiger partial charge in [0.15, 0.2) is 5.78 Å². The van der Waals surface area contributed by atoms with Crippen LogP contribution in [0.2, 0.25) is 0 Å². The third-order valence-corrected chi connectivity index (χ3v) is 3.25. The lowest BCUT2D eigenvalue weighted by atomic mass is 9.91. The van der Waals surface area contributed by atoms with E-state index in [1.807, 2.05) is 13.8 Å². The molecule has 5 heteroatoms. The van der Waals surface area contributed by atoms with Crippen LogP contribution in [0, 0.1) is 11.8 Å². The summed E-state index contributed by atoms with van der Waals surface area (Å²) < 4.78 is 0. The van der Waals surface area contributed by atoms with Crippen LogP contribution in [0.15, 0.2) is 24.3 Å². The Morgan fingerprint density at radius 1 is 1.24 bits per heavy atom. The zero-order valence-electron chi connectivity index (χ0n) is 12.5. The van der Waals surface area contributed by atoms with Crippen molar-refractivity contribution in [2.24, 2.45) is 11.8 Å². The summed E-state index contributed by atoms with van der Waals surface area (Å²) >= 11 is 0. The first-order valence-electron chi connectivity index (χ1n) is 6.90. The van der Waals surface area contributed by atoms with Gasteiger partial charge in [-0.05, 0) is 43.5 Å². The van der Waals surface area contributed by atoms with E-state index in [2.05, 4.69) is 5.32 Å². The third kappa shape index (κ3) is 5.02. The van der Waals surface area contributed by atoms with E-state index in [0.717, 1.165) is 0 Å². The van der Waals surface area contributed by atoms with Gasteiger partial charge in [0.2, 0.25) is 0 Å². The van der Waals surface area contributed by atoms with E-state index in [1.165, 1.54) is 6.92 Å². The first-order valence-corrected chi connectivity index (χ1v) is 6.90. The topological polar surface area (TPSA) is 83.5 Å². The van der Waals surface area contributed by atoms with Gasteiger partial charge >= 0.3 is 5.97 Å². The van der Waals surface area contributed by atoms with E-state index < -0.39 is 17.9 Å². The molecule has 0 aliphatic carbocycles. The van der Waals surface area contributed by atoms with Gasteiger partial charge in [-0.25, -0.2) is 0 Å². The predicted octanol–water partition coefficient (Wildman–Crippen LogP) is 2.62. The number of anilines is 1. The minimum atomic E-state index is -0.992. The number of aliphatic carboxylic acids is 1. The summed E-state index contributed by atoms with van der Waals surface area (Å²) in [6.07, 6.45) is 1.04. The maximum absolute atomic E-state index is 11.3. The summed E-state index contributed by atoms with van der Waals surface area (Å²) in [6, 6.07) is 5.83. The normalized spacial score (nSPS) is 13.5. The van der Waals surface area contributed by atoms with Crippen molar-refractivity contribution in [3.05, 3.63) is 29.8 Å². The van der Waals surface area contributed by atoms with Gasteiger partial charge < -0.3 is 15.2 Å². The van der Waals surface area contributed by atoms with Crippen molar-refractivity contribution in [2.45, 2.75) is 33.2 Å². The number of carboxylic acid groups (broad SMARTS) is 1. The van der Waals surface area contributed by atoms with E-state index in [1.54, 1.807) is 24.3 Å². The molecule has 0 aromatic heterocycles. The molecule has 5 nitrogen and oxygen atoms in total. The van der Waals surface area contributed by atoms with Crippen molar-refractivity contribution in [2.75, 3.05) is 5.32 Å². The average Bonchev–Trinajstić information content (AvgIpc) is 2.42. The molecule has 0 spiro atoms. The van der Waals surface area contributed by atoms with Crippen LogP contribution in [0.3, 0.4) is 0 Å². The van der Waals surface area contributed by atoms with Crippen LogP contribution < -0.4 is 5.32 Å². The molecule has 0 bridgehead atoms. The van der Waals surface area contributed by atoms with Crippen LogP contribution in [-0.2, 0) is 9.59 Å². The molecule has 0 saturated carbocycles. The maximum atomic E-state index is 11.3. The number of ketones is 1. The van der Waals surface area contributed by atoms with Crippen molar-refractivity contribution in [1.29, 1.82) is 0 Å². The number of carbonyl (C=O) groups is 3. The number of carbonyl (C=O) groups excluding carboxylic acids is 2. The van der Waals surface area contributed by atoms with Gasteiger partial charge in [-0.2, -0.15) is 0 Å². The molecular formula is C16H21NO4. The summed E-state index contributed by atoms with van der Waals surface area (Å²) in [6.45, 7) is 5.30. The van der Waals surface area contributed by atoms with Crippen molar-refractivity contribution >= 4 is 23.7 Å². The van der Waals surface area contributed by atoms with Crippen LogP contribution in [0.25, 0.3) is 0 Å². The van der Waals surface area contributed by atoms with E-state index in [0.29, 0.717) is 24.0 Å². The van der Waals surface area contributed by atoms with Gasteiger partial charge in [0.1, 0.15) is 6.29 Å². The molecule has 0 aliphatic rings. The highest BCUT2D eigenvalue weighted by molar-refractivity contribution is 5.94. The first-order chi connectivity index (χ1) is 9.85. The Morgan fingerprint density at radius 3 is 2.19 bits per heavy atom. The Labute approximate surface area is 124 Å². The van der Waals surface area contributed by atoms with Crippen LogP contribution in [0.5, 0.6) is 0 Å². The predicted molar refractivity (Wildman–Crippen MR) is 80.5 cm³/mol. The standard InChI is InChI=1S/C16H21NO4/c1-10(2)8-14(16(20)21)15(9-18)17-13-6-4-12(5-7-13)11(3)19/h4-7,9-10,14-15,17H,8H2,1-3H3,(H,20,21). The average molecular weight is 291 g/mol. The van der Waals surface area contributed by atoms with Crippen molar-refractivity contribution in [3.63, 3.8) is 0 Å². The van der Waals surface area contributed by atoms with Gasteiger partial charge in [-0.3, -0.25) is 9.59 Å². The maximum Gasteiger partial charge on any atom is 0.309 e. The lowest BCUT2D eigenvalue weighted by Gasteiger charge is -2.22. The number of carboxylic acids is 1. The lowest BCUT2D eigenvalue weighted by Crippen LogP contribution is -2.36. The molecule has 0 radical (unpaired) electrons. The molecule has 1 aromatic rings. The second-order valence-electron chi connectivity index (χ2n) is 5.51. The van der Waals surface area contributed by atoms with E-state index >= 15 is 0 Å². The van der Waals surface area contributed by atoms with Crippen LogP contribution in [0.1, 0.15) is 37.6 Å². The van der Waals surface area contributed by atoms with Crippen molar-refractivity contribution in [3.8, 4) is 0 Å². The minimum absolute atomic E-state index is 0.0447. The molecule has 2 atom stereocenters. The van der Waals surface area contributed by atoms with Crippen molar-refractivity contribution < 1.29 is 19.5 Å². The van der Waals surface area contributed by atoms with Gasteiger partial charge in [0, 0.05) is 11.3 Å². The number of hydrogen-bond acceptors (Lipinski definition) is 4. The van der Waals surface area contributed by atoms with Gasteiger partial charge in [-0.1, -0.05) is 13.8 Å². The number of benzene rings is 1. The third-order valence-electron chi connectivity index (χ3n) is 3.25. The molecule has 0 fully saturated rings. The van der Waals surface area contributed by atoms with Crippen molar-refractivity contribution in [1.82, 2.24) is 0 Å².